The van der Waals surface area contributed by atoms with E-state index in [1.165, 1.54) is 16.0 Å². The molecule has 3 aromatic rings. The molecule has 1 aromatic heterocycles. The van der Waals surface area contributed by atoms with Crippen molar-refractivity contribution in [2.24, 2.45) is 0 Å². The first-order chi connectivity index (χ1) is 12.1. The van der Waals surface area contributed by atoms with Gasteiger partial charge in [0.1, 0.15) is 0 Å². The van der Waals surface area contributed by atoms with Crippen LogP contribution in [0.5, 0.6) is 0 Å². The van der Waals surface area contributed by atoms with Gasteiger partial charge in [-0.25, -0.2) is 0 Å². The number of hydrogen-bond acceptors (Lipinski definition) is 3. The molecule has 1 heterocycles. The average Bonchev–Trinajstić information content (AvgIpc) is 3.16. The Bertz CT molecular complexity index is 765. The second-order valence-electron chi connectivity index (χ2n) is 5.86. The van der Waals surface area contributed by atoms with Crippen LogP contribution in [0.2, 0.25) is 0 Å². The average molecular weight is 388 g/mol. The summed E-state index contributed by atoms with van der Waals surface area (Å²) < 4.78 is 5.88. The molecule has 0 saturated heterocycles. The van der Waals surface area contributed by atoms with Crippen LogP contribution in [0.4, 0.5) is 0 Å². The Morgan fingerprint density at radius 1 is 0.920 bits per heavy atom. The molecule has 0 aliphatic heterocycles. The van der Waals surface area contributed by atoms with E-state index in [0.29, 0.717) is 12.8 Å². The van der Waals surface area contributed by atoms with Crippen LogP contribution in [-0.4, -0.2) is 17.7 Å². The van der Waals surface area contributed by atoms with E-state index in [9.17, 15) is 4.89 Å². The largest absolute Gasteiger partial charge is 0.345 e. The van der Waals surface area contributed by atoms with Gasteiger partial charge in [-0.15, -0.1) is 11.3 Å². The minimum absolute atomic E-state index is 0.0682. The first-order valence-electron chi connectivity index (χ1n) is 8.23. The fourth-order valence-electron chi connectivity index (χ4n) is 2.72. The molecule has 0 spiro atoms. The Morgan fingerprint density at radius 2 is 1.52 bits per heavy atom. The zero-order valence-electron chi connectivity index (χ0n) is 13.8. The molecular formula is C20H21O2PS2. The Morgan fingerprint density at radius 3 is 2.04 bits per heavy atom. The highest BCUT2D eigenvalue weighted by Crippen LogP contribution is 2.44. The Labute approximate surface area is 158 Å². The van der Waals surface area contributed by atoms with Crippen molar-refractivity contribution < 1.29 is 9.42 Å². The van der Waals surface area contributed by atoms with Crippen molar-refractivity contribution in [1.29, 1.82) is 0 Å². The molecule has 0 fully saturated rings. The van der Waals surface area contributed by atoms with Gasteiger partial charge in [-0.2, -0.15) is 0 Å². The number of aryl methyl sites for hydroxylation is 1. The van der Waals surface area contributed by atoms with Crippen molar-refractivity contribution in [1.82, 2.24) is 0 Å². The van der Waals surface area contributed by atoms with Crippen LogP contribution in [0.25, 0.3) is 0 Å². The van der Waals surface area contributed by atoms with Crippen molar-refractivity contribution in [3.05, 3.63) is 94.2 Å². The fraction of sp³-hybridized carbons (Fsp3) is 0.200. The molecule has 3 rings (SSSR count). The third-order valence-corrected chi connectivity index (χ3v) is 7.21. The van der Waals surface area contributed by atoms with Gasteiger partial charge < -0.3 is 9.42 Å². The molecule has 0 bridgehead atoms. The van der Waals surface area contributed by atoms with E-state index in [-0.39, 0.29) is 5.92 Å². The highest BCUT2D eigenvalue weighted by atomic mass is 32.5. The molecule has 1 unspecified atom stereocenters. The van der Waals surface area contributed by atoms with E-state index in [0.717, 1.165) is 6.42 Å². The van der Waals surface area contributed by atoms with E-state index < -0.39 is 6.49 Å². The van der Waals surface area contributed by atoms with Crippen molar-refractivity contribution in [2.45, 2.75) is 12.3 Å². The Hall–Kier alpha value is -1.29. The monoisotopic (exact) mass is 388 g/mol. The SMILES string of the molecule is OP(=S)(CCc1cccs1)OCC(c1ccccc1)c1ccccc1. The molecule has 0 saturated carbocycles. The summed E-state index contributed by atoms with van der Waals surface area (Å²) in [6.07, 6.45) is 1.28. The minimum atomic E-state index is -2.79. The van der Waals surface area contributed by atoms with Crippen LogP contribution in [0.15, 0.2) is 78.2 Å². The van der Waals surface area contributed by atoms with Crippen molar-refractivity contribution in [3.63, 3.8) is 0 Å². The van der Waals surface area contributed by atoms with Crippen LogP contribution in [0.3, 0.4) is 0 Å². The van der Waals surface area contributed by atoms with Crippen molar-refractivity contribution >= 4 is 29.6 Å². The summed E-state index contributed by atoms with van der Waals surface area (Å²) in [4.78, 5) is 11.8. The zero-order chi connectivity index (χ0) is 17.5. The third-order valence-electron chi connectivity index (χ3n) is 4.07. The first kappa shape index (κ1) is 18.5. The fourth-order valence-corrected chi connectivity index (χ4v) is 5.07. The topological polar surface area (TPSA) is 29.5 Å². The lowest BCUT2D eigenvalue weighted by Gasteiger charge is -2.22. The van der Waals surface area contributed by atoms with Crippen LogP contribution < -0.4 is 0 Å². The Balaban J connectivity index is 1.69. The van der Waals surface area contributed by atoms with Crippen molar-refractivity contribution in [2.75, 3.05) is 12.8 Å². The number of hydrogen-bond donors (Lipinski definition) is 1. The molecule has 25 heavy (non-hydrogen) atoms. The second kappa shape index (κ2) is 8.88. The summed E-state index contributed by atoms with van der Waals surface area (Å²) in [6, 6.07) is 24.6. The normalized spacial score (nSPS) is 13.7. The summed E-state index contributed by atoms with van der Waals surface area (Å²) in [7, 11) is 0. The molecule has 2 nitrogen and oxygen atoms in total. The molecule has 0 radical (unpaired) electrons. The standard InChI is InChI=1S/C20H21O2PS2/c21-23(24,14-13-19-12-7-15-25-19)22-16-20(17-8-3-1-4-9-17)18-10-5-2-6-11-18/h1-12,15,20H,13-14,16H2,(H,21,24). The molecule has 5 heteroatoms. The maximum Gasteiger partial charge on any atom is 0.186 e. The summed E-state index contributed by atoms with van der Waals surface area (Å²) >= 11 is 7.07. The molecule has 1 N–H and O–H groups in total. The van der Waals surface area contributed by atoms with Crippen LogP contribution in [0.1, 0.15) is 21.9 Å². The number of thiophene rings is 1. The third kappa shape index (κ3) is 5.60. The number of benzene rings is 2. The van der Waals surface area contributed by atoms with Gasteiger partial charge in [0.2, 0.25) is 0 Å². The van der Waals surface area contributed by atoms with Crippen LogP contribution in [0, 0.1) is 0 Å². The molecule has 1 atom stereocenters. The van der Waals surface area contributed by atoms with E-state index >= 15 is 0 Å². The second-order valence-corrected chi connectivity index (χ2v) is 10.6. The van der Waals surface area contributed by atoms with Gasteiger partial charge in [-0.1, -0.05) is 66.7 Å². The summed E-state index contributed by atoms with van der Waals surface area (Å²) in [5, 5.41) is 2.04. The molecular weight excluding hydrogens is 367 g/mol. The maximum atomic E-state index is 10.6. The Kier molecular flexibility index (Phi) is 6.57. The molecule has 130 valence electrons. The highest BCUT2D eigenvalue weighted by Gasteiger charge is 2.20. The van der Waals surface area contributed by atoms with Gasteiger partial charge in [0, 0.05) is 17.0 Å². The van der Waals surface area contributed by atoms with Gasteiger partial charge in [0.05, 0.1) is 6.61 Å². The lowest BCUT2D eigenvalue weighted by molar-refractivity contribution is 0.295. The smallest absolute Gasteiger partial charge is 0.186 e. The molecule has 0 aliphatic carbocycles. The van der Waals surface area contributed by atoms with Gasteiger partial charge in [-0.05, 0) is 40.8 Å². The summed E-state index contributed by atoms with van der Waals surface area (Å²) in [6.45, 7) is -2.39. The summed E-state index contributed by atoms with van der Waals surface area (Å²) in [5.41, 5.74) is 2.34. The summed E-state index contributed by atoms with van der Waals surface area (Å²) in [5.74, 6) is 0.0682. The lowest BCUT2D eigenvalue weighted by atomic mass is 9.92. The minimum Gasteiger partial charge on any atom is -0.345 e. The van der Waals surface area contributed by atoms with Gasteiger partial charge >= 0.3 is 0 Å². The van der Waals surface area contributed by atoms with E-state index in [4.69, 9.17) is 16.3 Å². The number of rotatable bonds is 8. The highest BCUT2D eigenvalue weighted by molar-refractivity contribution is 8.09. The lowest BCUT2D eigenvalue weighted by Crippen LogP contribution is -2.10. The quantitative estimate of drug-likeness (QED) is 0.521. The van der Waals surface area contributed by atoms with Crippen LogP contribution in [-0.2, 0) is 22.8 Å². The molecule has 0 amide bonds. The first-order valence-corrected chi connectivity index (χ1v) is 12.0. The van der Waals surface area contributed by atoms with E-state index in [1.54, 1.807) is 11.3 Å². The predicted molar refractivity (Wildman–Crippen MR) is 110 cm³/mol. The molecule has 0 aliphatic rings. The van der Waals surface area contributed by atoms with E-state index in [2.05, 4.69) is 30.3 Å². The predicted octanol–water partition coefficient (Wildman–Crippen LogP) is 5.44. The van der Waals surface area contributed by atoms with Crippen molar-refractivity contribution in [3.8, 4) is 0 Å². The van der Waals surface area contributed by atoms with Crippen LogP contribution >= 0.6 is 17.8 Å². The van der Waals surface area contributed by atoms with Gasteiger partial charge in [-0.3, -0.25) is 0 Å². The van der Waals surface area contributed by atoms with E-state index in [1.807, 2.05) is 47.8 Å². The molecule has 2 aromatic carbocycles. The zero-order valence-corrected chi connectivity index (χ0v) is 16.4. The van der Waals surface area contributed by atoms with Gasteiger partial charge in [0.15, 0.2) is 6.49 Å². The van der Waals surface area contributed by atoms with Gasteiger partial charge in [0.25, 0.3) is 0 Å². The maximum absolute atomic E-state index is 10.6.